The highest BCUT2D eigenvalue weighted by Gasteiger charge is 2.83. The molecule has 0 aliphatic heterocycles. The summed E-state index contributed by atoms with van der Waals surface area (Å²) in [4.78, 5) is 11.3. The lowest BCUT2D eigenvalue weighted by Gasteiger charge is -2.36. The Morgan fingerprint density at radius 3 is 1.68 bits per heavy atom. The van der Waals surface area contributed by atoms with E-state index in [1.54, 1.807) is 5.32 Å². The highest BCUT2D eigenvalue weighted by Crippen LogP contribution is 2.54. The monoisotopic (exact) mass is 459 g/mol. The maximum atomic E-state index is 13.3. The van der Waals surface area contributed by atoms with Crippen LogP contribution in [0.4, 0.5) is 48.7 Å². The van der Waals surface area contributed by atoms with E-state index in [1.165, 1.54) is 0 Å². The van der Waals surface area contributed by atoms with E-state index in [1.807, 2.05) is 0 Å². The zero-order valence-corrected chi connectivity index (χ0v) is 15.3. The number of ether oxygens (including phenoxy) is 1. The van der Waals surface area contributed by atoms with Crippen LogP contribution in [0.1, 0.15) is 0 Å². The van der Waals surface area contributed by atoms with E-state index in [-0.39, 0.29) is 0 Å². The molecule has 0 unspecified atom stereocenters. The van der Waals surface area contributed by atoms with Gasteiger partial charge in [-0.05, 0) is 0 Å². The lowest BCUT2D eigenvalue weighted by Crippen LogP contribution is -2.65. The van der Waals surface area contributed by atoms with Crippen molar-refractivity contribution in [2.75, 3.05) is 34.1 Å². The molecule has 28 heavy (non-hydrogen) atoms. The first-order valence-corrected chi connectivity index (χ1v) is 8.76. The SMILES string of the molecule is CO[Si](CNC(=O)OCC(F)(F)C(F)(F)C(F)(F)C(F)(F)C(F)F)(OC)OC. The van der Waals surface area contributed by atoms with Gasteiger partial charge >= 0.3 is 45.0 Å². The van der Waals surface area contributed by atoms with Crippen molar-refractivity contribution in [2.24, 2.45) is 0 Å². The van der Waals surface area contributed by atoms with Gasteiger partial charge in [0.15, 0.2) is 6.61 Å². The Balaban J connectivity index is 5.20. The molecule has 0 fully saturated rings. The third-order valence-corrected chi connectivity index (χ3v) is 5.79. The van der Waals surface area contributed by atoms with Gasteiger partial charge in [0.25, 0.3) is 0 Å². The number of carbonyl (C=O) groups is 1. The summed E-state index contributed by atoms with van der Waals surface area (Å²) >= 11 is 0. The number of halogens is 10. The molecule has 0 atom stereocenters. The van der Waals surface area contributed by atoms with Gasteiger partial charge in [0, 0.05) is 21.3 Å². The van der Waals surface area contributed by atoms with E-state index in [4.69, 9.17) is 13.3 Å². The Kier molecular flexibility index (Phi) is 8.57. The van der Waals surface area contributed by atoms with E-state index < -0.39 is 57.8 Å². The summed E-state index contributed by atoms with van der Waals surface area (Å²) in [5, 5.41) is 1.68. The average molecular weight is 459 g/mol. The molecule has 0 bridgehead atoms. The minimum Gasteiger partial charge on any atom is -0.443 e. The van der Waals surface area contributed by atoms with Crippen molar-refractivity contribution in [3.8, 4) is 0 Å². The molecule has 0 rings (SSSR count). The molecule has 0 spiro atoms. The third kappa shape index (κ3) is 4.98. The summed E-state index contributed by atoms with van der Waals surface area (Å²) in [7, 11) is -0.282. The first-order chi connectivity index (χ1) is 12.5. The molecule has 0 radical (unpaired) electrons. The van der Waals surface area contributed by atoms with Gasteiger partial charge < -0.3 is 23.3 Å². The molecule has 1 amide bonds. The number of hydrogen-bond acceptors (Lipinski definition) is 5. The molecule has 0 aliphatic rings. The fourth-order valence-electron chi connectivity index (χ4n) is 1.52. The lowest BCUT2D eigenvalue weighted by atomic mass is 9.99. The molecule has 1 N–H and O–H groups in total. The maximum Gasteiger partial charge on any atom is 0.520 e. The van der Waals surface area contributed by atoms with E-state index in [0.29, 0.717) is 0 Å². The van der Waals surface area contributed by atoms with Gasteiger partial charge in [-0.2, -0.15) is 35.1 Å². The van der Waals surface area contributed by atoms with E-state index in [0.717, 1.165) is 21.3 Å². The molecule has 0 heterocycles. The molecule has 17 heteroatoms. The Morgan fingerprint density at radius 2 is 1.32 bits per heavy atom. The number of rotatable bonds is 11. The second-order valence-electron chi connectivity index (χ2n) is 5.00. The minimum absolute atomic E-state index is 0.642. The van der Waals surface area contributed by atoms with Crippen molar-refractivity contribution < 1.29 is 66.7 Å². The largest absolute Gasteiger partial charge is 0.520 e. The van der Waals surface area contributed by atoms with Crippen molar-refractivity contribution in [3.05, 3.63) is 0 Å². The number of alkyl halides is 10. The number of hydrogen-bond donors (Lipinski definition) is 1. The summed E-state index contributed by atoms with van der Waals surface area (Å²) in [6.07, 6.45) is -7.90. The Labute approximate surface area is 152 Å². The Morgan fingerprint density at radius 1 is 0.893 bits per heavy atom. The Bertz CT molecular complexity index is 524. The van der Waals surface area contributed by atoms with Crippen LogP contribution in [0, 0.1) is 0 Å². The van der Waals surface area contributed by atoms with Gasteiger partial charge in [0.1, 0.15) is 0 Å². The van der Waals surface area contributed by atoms with Gasteiger partial charge in [0.2, 0.25) is 0 Å². The van der Waals surface area contributed by atoms with Crippen molar-refractivity contribution in [1.82, 2.24) is 5.32 Å². The first-order valence-electron chi connectivity index (χ1n) is 6.83. The molecule has 0 aromatic rings. The van der Waals surface area contributed by atoms with Crippen LogP contribution < -0.4 is 5.32 Å². The smallest absolute Gasteiger partial charge is 0.443 e. The van der Waals surface area contributed by atoms with Crippen LogP contribution >= 0.6 is 0 Å². The Hall–Kier alpha value is -1.33. The fraction of sp³-hybridized carbons (Fsp3) is 0.909. The van der Waals surface area contributed by atoms with Gasteiger partial charge in [-0.3, -0.25) is 0 Å². The summed E-state index contributed by atoms with van der Waals surface area (Å²) < 4.78 is 146. The second-order valence-corrected chi connectivity index (χ2v) is 7.95. The van der Waals surface area contributed by atoms with Crippen molar-refractivity contribution in [3.63, 3.8) is 0 Å². The molecule has 0 aliphatic carbocycles. The molecule has 0 aromatic heterocycles. The van der Waals surface area contributed by atoms with Gasteiger partial charge in [-0.25, -0.2) is 13.6 Å². The van der Waals surface area contributed by atoms with Crippen LogP contribution in [0.2, 0.25) is 0 Å². The fourth-order valence-corrected chi connectivity index (χ4v) is 2.81. The van der Waals surface area contributed by atoms with Gasteiger partial charge in [-0.1, -0.05) is 0 Å². The van der Waals surface area contributed by atoms with Crippen molar-refractivity contribution in [1.29, 1.82) is 0 Å². The summed E-state index contributed by atoms with van der Waals surface area (Å²) in [5.41, 5.74) is 0. The minimum atomic E-state index is -7.16. The quantitative estimate of drug-likeness (QED) is 0.380. The molecule has 6 nitrogen and oxygen atoms in total. The summed E-state index contributed by atoms with van der Waals surface area (Å²) in [5.74, 6) is -27.1. The number of alkyl carbamates (subject to hydrolysis) is 1. The topological polar surface area (TPSA) is 66.0 Å². The zero-order valence-electron chi connectivity index (χ0n) is 14.3. The predicted octanol–water partition coefficient (Wildman–Crippen LogP) is 2.94. The van der Waals surface area contributed by atoms with Crippen molar-refractivity contribution >= 4 is 14.9 Å². The predicted molar refractivity (Wildman–Crippen MR) is 71.9 cm³/mol. The average Bonchev–Trinajstić information content (AvgIpc) is 2.61. The summed E-state index contributed by atoms with van der Waals surface area (Å²) in [6.45, 7) is -2.83. The van der Waals surface area contributed by atoms with Gasteiger partial charge in [0.05, 0.1) is 6.17 Å². The van der Waals surface area contributed by atoms with Gasteiger partial charge in [-0.15, -0.1) is 0 Å². The molecular formula is C11H15F10NO5Si. The standard InChI is InChI=1S/C11H15F10NO5Si/c1-24-28(25-2,26-3)5-22-7(23)27-4-8(14,15)10(18,19)11(20,21)9(16,17)6(12)13/h6H,4-5H2,1-3H3,(H,22,23). The highest BCUT2D eigenvalue weighted by atomic mass is 28.4. The second kappa shape index (κ2) is 9.00. The van der Waals surface area contributed by atoms with E-state index >= 15 is 0 Å². The number of nitrogens with one attached hydrogen (secondary N) is 1. The molecule has 0 saturated heterocycles. The lowest BCUT2D eigenvalue weighted by molar-refractivity contribution is -0.386. The van der Waals surface area contributed by atoms with Crippen LogP contribution in [0.25, 0.3) is 0 Å². The molecule has 168 valence electrons. The molecule has 0 saturated carbocycles. The van der Waals surface area contributed by atoms with Crippen LogP contribution in [0.5, 0.6) is 0 Å². The first kappa shape index (κ1) is 26.7. The van der Waals surface area contributed by atoms with Crippen LogP contribution in [0.3, 0.4) is 0 Å². The van der Waals surface area contributed by atoms with E-state index in [9.17, 15) is 48.7 Å². The van der Waals surface area contributed by atoms with Crippen LogP contribution in [0.15, 0.2) is 0 Å². The summed E-state index contributed by atoms with van der Waals surface area (Å²) in [6, 6.07) is 0. The number of carbonyl (C=O) groups excluding carboxylic acids is 1. The normalized spacial score (nSPS) is 14.4. The van der Waals surface area contributed by atoms with E-state index in [2.05, 4.69) is 4.74 Å². The molecular weight excluding hydrogens is 444 g/mol. The zero-order chi connectivity index (χ0) is 22.6. The highest BCUT2D eigenvalue weighted by molar-refractivity contribution is 6.61. The molecule has 0 aromatic carbocycles. The van der Waals surface area contributed by atoms with Crippen molar-refractivity contribution in [2.45, 2.75) is 30.1 Å². The number of amides is 1. The third-order valence-electron chi connectivity index (χ3n) is 3.31. The maximum absolute atomic E-state index is 13.3. The van der Waals surface area contributed by atoms with Crippen LogP contribution in [-0.2, 0) is 18.0 Å². The van der Waals surface area contributed by atoms with Crippen LogP contribution in [-0.4, -0.2) is 79.1 Å².